The molecule has 2 rings (SSSR count). The lowest BCUT2D eigenvalue weighted by Gasteiger charge is -1.93. The molecule has 0 unspecified atom stereocenters. The van der Waals surface area contributed by atoms with E-state index in [1.807, 2.05) is 0 Å². The van der Waals surface area contributed by atoms with Crippen LogP contribution in [0.4, 0.5) is 0 Å². The number of hydrogen-bond acceptors (Lipinski definition) is 7. The number of aryl methyl sites for hydroxylation is 1. The van der Waals surface area contributed by atoms with Gasteiger partial charge in [-0.15, -0.1) is 10.2 Å². The summed E-state index contributed by atoms with van der Waals surface area (Å²) in [6, 6.07) is 1.77. The van der Waals surface area contributed by atoms with Crippen molar-refractivity contribution in [2.24, 2.45) is 7.05 Å². The molecule has 0 aliphatic rings. The van der Waals surface area contributed by atoms with E-state index < -0.39 is 0 Å². The highest BCUT2D eigenvalue weighted by atomic mass is 32.2. The van der Waals surface area contributed by atoms with Crippen LogP contribution in [-0.2, 0) is 16.6 Å². The highest BCUT2D eigenvalue weighted by Gasteiger charge is 2.12. The molecule has 2 heterocycles. The van der Waals surface area contributed by atoms with Gasteiger partial charge in [0.15, 0.2) is 0 Å². The standard InChI is InChI=1S/C9H10N4O3S/c1-13-4-3-6(12-13)8-10-11-9(16-8)17-5-7(14)15-2/h3-4H,5H2,1-2H3. The molecule has 90 valence electrons. The first-order valence-corrected chi connectivity index (χ1v) is 5.70. The van der Waals surface area contributed by atoms with Gasteiger partial charge in [-0.25, -0.2) is 0 Å². The molecule has 8 heteroatoms. The number of esters is 1. The number of rotatable bonds is 4. The second-order valence-corrected chi connectivity index (χ2v) is 4.04. The number of aromatic nitrogens is 4. The summed E-state index contributed by atoms with van der Waals surface area (Å²) in [5.41, 5.74) is 0.602. The molecular formula is C9H10N4O3S. The molecular weight excluding hydrogens is 244 g/mol. The summed E-state index contributed by atoms with van der Waals surface area (Å²) < 4.78 is 11.5. The molecule has 0 saturated heterocycles. The maximum absolute atomic E-state index is 10.9. The van der Waals surface area contributed by atoms with Gasteiger partial charge in [-0.3, -0.25) is 9.48 Å². The minimum atomic E-state index is -0.340. The maximum Gasteiger partial charge on any atom is 0.316 e. The van der Waals surface area contributed by atoms with Gasteiger partial charge in [0.05, 0.1) is 7.11 Å². The molecule has 0 aliphatic heterocycles. The number of ether oxygens (including phenoxy) is 1. The first kappa shape index (κ1) is 11.6. The molecule has 0 aliphatic carbocycles. The summed E-state index contributed by atoms with van der Waals surface area (Å²) in [7, 11) is 3.13. The molecule has 0 aromatic carbocycles. The van der Waals surface area contributed by atoms with Crippen LogP contribution in [0.2, 0.25) is 0 Å². The van der Waals surface area contributed by atoms with Crippen molar-refractivity contribution < 1.29 is 13.9 Å². The zero-order chi connectivity index (χ0) is 12.3. The second kappa shape index (κ2) is 5.00. The molecule has 0 amide bonds. The lowest BCUT2D eigenvalue weighted by Crippen LogP contribution is -2.02. The highest BCUT2D eigenvalue weighted by molar-refractivity contribution is 7.99. The van der Waals surface area contributed by atoms with Crippen molar-refractivity contribution in [3.63, 3.8) is 0 Å². The van der Waals surface area contributed by atoms with Crippen molar-refractivity contribution in [1.29, 1.82) is 0 Å². The minimum absolute atomic E-state index is 0.139. The molecule has 7 nitrogen and oxygen atoms in total. The van der Waals surface area contributed by atoms with Crippen LogP contribution in [0.3, 0.4) is 0 Å². The summed E-state index contributed by atoms with van der Waals surface area (Å²) in [5, 5.41) is 12.1. The minimum Gasteiger partial charge on any atom is -0.468 e. The summed E-state index contributed by atoms with van der Waals surface area (Å²) in [4.78, 5) is 10.9. The average molecular weight is 254 g/mol. The van der Waals surface area contributed by atoms with Crippen molar-refractivity contribution in [1.82, 2.24) is 20.0 Å². The third-order valence-electron chi connectivity index (χ3n) is 1.88. The fraction of sp³-hybridized carbons (Fsp3) is 0.333. The van der Waals surface area contributed by atoms with Crippen LogP contribution in [0, 0.1) is 0 Å². The van der Waals surface area contributed by atoms with E-state index >= 15 is 0 Å². The van der Waals surface area contributed by atoms with Crippen LogP contribution in [-0.4, -0.2) is 38.8 Å². The van der Waals surface area contributed by atoms with Gasteiger partial charge in [0.1, 0.15) is 11.4 Å². The SMILES string of the molecule is COC(=O)CSc1nnc(-c2ccn(C)n2)o1. The van der Waals surface area contributed by atoms with E-state index in [1.165, 1.54) is 7.11 Å². The first-order valence-electron chi connectivity index (χ1n) is 4.72. The van der Waals surface area contributed by atoms with E-state index in [0.717, 1.165) is 11.8 Å². The lowest BCUT2D eigenvalue weighted by molar-refractivity contribution is -0.137. The van der Waals surface area contributed by atoms with E-state index in [9.17, 15) is 4.79 Å². The molecule has 0 fully saturated rings. The Bertz CT molecular complexity index is 522. The molecule has 17 heavy (non-hydrogen) atoms. The second-order valence-electron chi connectivity index (χ2n) is 3.11. The Morgan fingerprint density at radius 1 is 1.59 bits per heavy atom. The predicted molar refractivity (Wildman–Crippen MR) is 59.2 cm³/mol. The molecule has 0 spiro atoms. The third kappa shape index (κ3) is 2.84. The third-order valence-corrected chi connectivity index (χ3v) is 2.67. The van der Waals surface area contributed by atoms with Crippen LogP contribution in [0.5, 0.6) is 0 Å². The Balaban J connectivity index is 2.03. The van der Waals surface area contributed by atoms with Gasteiger partial charge in [0.2, 0.25) is 0 Å². The van der Waals surface area contributed by atoms with Crippen molar-refractivity contribution in [3.05, 3.63) is 12.3 Å². The highest BCUT2D eigenvalue weighted by Crippen LogP contribution is 2.21. The van der Waals surface area contributed by atoms with Gasteiger partial charge in [0, 0.05) is 13.2 Å². The monoisotopic (exact) mass is 254 g/mol. The maximum atomic E-state index is 10.9. The molecule has 2 aromatic rings. The van der Waals surface area contributed by atoms with E-state index in [1.54, 1.807) is 24.0 Å². The number of nitrogens with zero attached hydrogens (tertiary/aromatic N) is 4. The van der Waals surface area contributed by atoms with Gasteiger partial charge in [-0.05, 0) is 6.07 Å². The normalized spacial score (nSPS) is 10.5. The van der Waals surface area contributed by atoms with Gasteiger partial charge in [0.25, 0.3) is 11.1 Å². The number of methoxy groups -OCH3 is 1. The van der Waals surface area contributed by atoms with Crippen LogP contribution in [0.25, 0.3) is 11.6 Å². The quantitative estimate of drug-likeness (QED) is 0.587. The molecule has 2 aromatic heterocycles. The topological polar surface area (TPSA) is 83.0 Å². The van der Waals surface area contributed by atoms with Crippen LogP contribution in [0.1, 0.15) is 0 Å². The molecule has 0 saturated carbocycles. The Labute approximate surface area is 101 Å². The smallest absolute Gasteiger partial charge is 0.316 e. The Hall–Kier alpha value is -1.83. The van der Waals surface area contributed by atoms with E-state index in [2.05, 4.69) is 20.0 Å². The summed E-state index contributed by atoms with van der Waals surface area (Å²) in [5.74, 6) is 0.130. The molecule has 0 bridgehead atoms. The summed E-state index contributed by atoms with van der Waals surface area (Å²) in [6.45, 7) is 0. The lowest BCUT2D eigenvalue weighted by atomic mass is 10.4. The number of hydrogen-bond donors (Lipinski definition) is 0. The van der Waals surface area contributed by atoms with Crippen molar-refractivity contribution in [2.45, 2.75) is 5.22 Å². The van der Waals surface area contributed by atoms with E-state index in [4.69, 9.17) is 4.42 Å². The van der Waals surface area contributed by atoms with Crippen LogP contribution in [0.15, 0.2) is 21.9 Å². The number of carbonyl (C=O) groups is 1. The zero-order valence-corrected chi connectivity index (χ0v) is 10.1. The fourth-order valence-corrected chi connectivity index (χ4v) is 1.68. The van der Waals surface area contributed by atoms with Crippen LogP contribution >= 0.6 is 11.8 Å². The zero-order valence-electron chi connectivity index (χ0n) is 9.28. The Morgan fingerprint density at radius 3 is 3.06 bits per heavy atom. The predicted octanol–water partition coefficient (Wildman–Crippen LogP) is 0.735. The van der Waals surface area contributed by atoms with Gasteiger partial charge < -0.3 is 9.15 Å². The first-order chi connectivity index (χ1) is 8.19. The van der Waals surface area contributed by atoms with Gasteiger partial charge in [-0.1, -0.05) is 11.8 Å². The Morgan fingerprint density at radius 2 is 2.41 bits per heavy atom. The van der Waals surface area contributed by atoms with Crippen molar-refractivity contribution in [3.8, 4) is 11.6 Å². The molecule has 0 atom stereocenters. The van der Waals surface area contributed by atoms with Crippen LogP contribution < -0.4 is 0 Å². The van der Waals surface area contributed by atoms with Gasteiger partial charge in [-0.2, -0.15) is 5.10 Å². The fourth-order valence-electron chi connectivity index (χ4n) is 1.08. The van der Waals surface area contributed by atoms with E-state index in [-0.39, 0.29) is 11.7 Å². The Kier molecular flexibility index (Phi) is 3.43. The number of carbonyl (C=O) groups excluding carboxylic acids is 1. The average Bonchev–Trinajstić information content (AvgIpc) is 2.94. The largest absolute Gasteiger partial charge is 0.468 e. The van der Waals surface area contributed by atoms with Crippen molar-refractivity contribution >= 4 is 17.7 Å². The molecule has 0 radical (unpaired) electrons. The van der Waals surface area contributed by atoms with E-state index in [0.29, 0.717) is 16.8 Å². The summed E-state index contributed by atoms with van der Waals surface area (Å²) in [6.07, 6.45) is 1.78. The number of thioether (sulfide) groups is 1. The molecule has 0 N–H and O–H groups in total. The summed E-state index contributed by atoms with van der Waals surface area (Å²) >= 11 is 1.13. The van der Waals surface area contributed by atoms with Crippen molar-refractivity contribution in [2.75, 3.05) is 12.9 Å². The van der Waals surface area contributed by atoms with Gasteiger partial charge >= 0.3 is 5.97 Å².